The summed E-state index contributed by atoms with van der Waals surface area (Å²) in [6, 6.07) is 3.55. The van der Waals surface area contributed by atoms with Crippen molar-refractivity contribution < 1.29 is 12.8 Å². The van der Waals surface area contributed by atoms with Gasteiger partial charge < -0.3 is 9.73 Å². The molecular formula is C12H21NO3S. The van der Waals surface area contributed by atoms with Gasteiger partial charge in [-0.15, -0.1) is 0 Å². The second-order valence-corrected chi connectivity index (χ2v) is 7.50. The number of hydrogen-bond acceptors (Lipinski definition) is 4. The summed E-state index contributed by atoms with van der Waals surface area (Å²) in [6.07, 6.45) is 0. The molecule has 1 aromatic heterocycles. The van der Waals surface area contributed by atoms with Crippen molar-refractivity contribution in [3.05, 3.63) is 23.7 Å². The average Bonchev–Trinajstić information content (AvgIpc) is 2.61. The highest BCUT2D eigenvalue weighted by atomic mass is 32.2. The fourth-order valence-corrected chi connectivity index (χ4v) is 2.06. The molecule has 98 valence electrons. The summed E-state index contributed by atoms with van der Waals surface area (Å²) >= 11 is 0. The molecule has 0 saturated carbocycles. The van der Waals surface area contributed by atoms with Crippen molar-refractivity contribution in [3.63, 3.8) is 0 Å². The molecule has 0 unspecified atom stereocenters. The van der Waals surface area contributed by atoms with Gasteiger partial charge in [0.15, 0.2) is 9.84 Å². The maximum Gasteiger partial charge on any atom is 0.157 e. The molecule has 4 nitrogen and oxygen atoms in total. The van der Waals surface area contributed by atoms with Gasteiger partial charge >= 0.3 is 0 Å². The zero-order valence-electron chi connectivity index (χ0n) is 10.9. The number of rotatable bonds is 5. The highest BCUT2D eigenvalue weighted by Crippen LogP contribution is 2.13. The van der Waals surface area contributed by atoms with E-state index in [1.165, 1.54) is 0 Å². The van der Waals surface area contributed by atoms with E-state index in [2.05, 4.69) is 26.1 Å². The van der Waals surface area contributed by atoms with E-state index in [1.54, 1.807) is 13.0 Å². The first-order chi connectivity index (χ1) is 7.72. The van der Waals surface area contributed by atoms with Crippen LogP contribution in [0.3, 0.4) is 0 Å². The Labute approximate surface area is 103 Å². The summed E-state index contributed by atoms with van der Waals surface area (Å²) in [6.45, 7) is 8.45. The third kappa shape index (κ3) is 5.37. The van der Waals surface area contributed by atoms with Gasteiger partial charge in [-0.2, -0.15) is 0 Å². The Morgan fingerprint density at radius 3 is 2.35 bits per heavy atom. The molecular weight excluding hydrogens is 238 g/mol. The van der Waals surface area contributed by atoms with E-state index in [0.717, 1.165) is 5.76 Å². The van der Waals surface area contributed by atoms with Crippen LogP contribution in [-0.2, 0) is 22.1 Å². The van der Waals surface area contributed by atoms with E-state index in [0.29, 0.717) is 12.3 Å². The van der Waals surface area contributed by atoms with Gasteiger partial charge in [0, 0.05) is 11.3 Å². The predicted molar refractivity (Wildman–Crippen MR) is 68.5 cm³/mol. The molecule has 0 aliphatic rings. The molecule has 0 fully saturated rings. The van der Waals surface area contributed by atoms with Crippen LogP contribution in [0.2, 0.25) is 0 Å². The molecule has 1 N–H and O–H groups in total. The Morgan fingerprint density at radius 1 is 1.24 bits per heavy atom. The van der Waals surface area contributed by atoms with Gasteiger partial charge in [0.05, 0.1) is 6.54 Å². The highest BCUT2D eigenvalue weighted by molar-refractivity contribution is 7.90. The second kappa shape index (κ2) is 5.23. The third-order valence-electron chi connectivity index (χ3n) is 2.31. The standard InChI is InChI=1S/C12H21NO3S/c1-5-17(14,15)9-11-7-6-10(16-11)8-13-12(2,3)4/h6-7,13H,5,8-9H2,1-4H3. The van der Waals surface area contributed by atoms with Crippen LogP contribution in [0.5, 0.6) is 0 Å². The van der Waals surface area contributed by atoms with Gasteiger partial charge in [-0.3, -0.25) is 0 Å². The van der Waals surface area contributed by atoms with E-state index >= 15 is 0 Å². The molecule has 17 heavy (non-hydrogen) atoms. The zero-order chi connectivity index (χ0) is 13.1. The minimum atomic E-state index is -3.02. The SMILES string of the molecule is CCS(=O)(=O)Cc1ccc(CNC(C)(C)C)o1. The third-order valence-corrected chi connectivity index (χ3v) is 3.92. The van der Waals surface area contributed by atoms with Crippen LogP contribution in [0.25, 0.3) is 0 Å². The van der Waals surface area contributed by atoms with Gasteiger partial charge in [-0.05, 0) is 32.9 Å². The molecule has 0 atom stereocenters. The number of furan rings is 1. The smallest absolute Gasteiger partial charge is 0.157 e. The van der Waals surface area contributed by atoms with Crippen LogP contribution in [0, 0.1) is 0 Å². The number of sulfone groups is 1. The number of hydrogen-bond donors (Lipinski definition) is 1. The van der Waals surface area contributed by atoms with E-state index in [9.17, 15) is 8.42 Å². The van der Waals surface area contributed by atoms with Gasteiger partial charge in [-0.25, -0.2) is 8.42 Å². The van der Waals surface area contributed by atoms with Crippen molar-refractivity contribution in [2.24, 2.45) is 0 Å². The topological polar surface area (TPSA) is 59.3 Å². The van der Waals surface area contributed by atoms with Crippen molar-refractivity contribution >= 4 is 9.84 Å². The first kappa shape index (κ1) is 14.3. The fourth-order valence-electron chi connectivity index (χ4n) is 1.27. The summed E-state index contributed by atoms with van der Waals surface area (Å²) in [4.78, 5) is 0. The second-order valence-electron chi connectivity index (χ2n) is 5.15. The molecule has 0 aliphatic carbocycles. The number of nitrogens with one attached hydrogen (secondary N) is 1. The van der Waals surface area contributed by atoms with Crippen molar-refractivity contribution in [2.75, 3.05) is 5.75 Å². The minimum Gasteiger partial charge on any atom is -0.464 e. The lowest BCUT2D eigenvalue weighted by molar-refractivity contribution is 0.381. The normalized spacial score (nSPS) is 12.9. The van der Waals surface area contributed by atoms with Crippen LogP contribution in [-0.4, -0.2) is 19.7 Å². The van der Waals surface area contributed by atoms with Crippen molar-refractivity contribution in [3.8, 4) is 0 Å². The van der Waals surface area contributed by atoms with Crippen molar-refractivity contribution in [2.45, 2.75) is 45.5 Å². The summed E-state index contributed by atoms with van der Waals surface area (Å²) < 4.78 is 28.3. The summed E-state index contributed by atoms with van der Waals surface area (Å²) in [5.41, 5.74) is 0.0163. The molecule has 1 heterocycles. The van der Waals surface area contributed by atoms with E-state index in [4.69, 9.17) is 4.42 Å². The monoisotopic (exact) mass is 259 g/mol. The summed E-state index contributed by atoms with van der Waals surface area (Å²) in [5.74, 6) is 1.40. The van der Waals surface area contributed by atoms with Crippen LogP contribution >= 0.6 is 0 Å². The molecule has 0 radical (unpaired) electrons. The largest absolute Gasteiger partial charge is 0.464 e. The van der Waals surface area contributed by atoms with E-state index in [-0.39, 0.29) is 17.0 Å². The Bertz CT molecular complexity index is 454. The van der Waals surface area contributed by atoms with E-state index < -0.39 is 9.84 Å². The highest BCUT2D eigenvalue weighted by Gasteiger charge is 2.14. The fraction of sp³-hybridized carbons (Fsp3) is 0.667. The lowest BCUT2D eigenvalue weighted by Gasteiger charge is -2.19. The molecule has 5 heteroatoms. The Morgan fingerprint density at radius 2 is 1.82 bits per heavy atom. The minimum absolute atomic E-state index is 0.0149. The van der Waals surface area contributed by atoms with Crippen LogP contribution in [0.4, 0.5) is 0 Å². The molecule has 0 aromatic carbocycles. The molecule has 0 aliphatic heterocycles. The first-order valence-corrected chi connectivity index (χ1v) is 7.57. The van der Waals surface area contributed by atoms with Gasteiger partial charge in [0.25, 0.3) is 0 Å². The van der Waals surface area contributed by atoms with Gasteiger partial charge in [-0.1, -0.05) is 6.92 Å². The molecule has 0 bridgehead atoms. The van der Waals surface area contributed by atoms with Crippen LogP contribution in [0.15, 0.2) is 16.5 Å². The van der Waals surface area contributed by atoms with Crippen molar-refractivity contribution in [1.82, 2.24) is 5.32 Å². The quantitative estimate of drug-likeness (QED) is 0.879. The molecule has 0 saturated heterocycles. The van der Waals surface area contributed by atoms with Crippen LogP contribution < -0.4 is 5.32 Å². The Balaban J connectivity index is 2.60. The molecule has 1 aromatic rings. The van der Waals surface area contributed by atoms with Gasteiger partial charge in [0.2, 0.25) is 0 Å². The van der Waals surface area contributed by atoms with Crippen LogP contribution in [0.1, 0.15) is 39.2 Å². The summed E-state index contributed by atoms with van der Waals surface area (Å²) in [5, 5.41) is 3.29. The molecule has 1 rings (SSSR count). The molecule has 0 amide bonds. The Hall–Kier alpha value is -0.810. The van der Waals surface area contributed by atoms with Gasteiger partial charge in [0.1, 0.15) is 17.3 Å². The Kier molecular flexibility index (Phi) is 4.38. The maximum absolute atomic E-state index is 11.4. The summed E-state index contributed by atoms with van der Waals surface area (Å²) in [7, 11) is -3.02. The van der Waals surface area contributed by atoms with Crippen molar-refractivity contribution in [1.29, 1.82) is 0 Å². The predicted octanol–water partition coefficient (Wildman–Crippen LogP) is 2.10. The first-order valence-electron chi connectivity index (χ1n) is 5.75. The lowest BCUT2D eigenvalue weighted by Crippen LogP contribution is -2.34. The zero-order valence-corrected chi connectivity index (χ0v) is 11.7. The lowest BCUT2D eigenvalue weighted by atomic mass is 10.1. The molecule has 0 spiro atoms. The van der Waals surface area contributed by atoms with E-state index in [1.807, 2.05) is 6.07 Å². The maximum atomic E-state index is 11.4. The average molecular weight is 259 g/mol.